The van der Waals surface area contributed by atoms with Gasteiger partial charge >= 0.3 is 0 Å². The molecule has 1 atom stereocenters. The molecule has 7 heteroatoms. The molecule has 0 fully saturated rings. The molecule has 1 rings (SSSR count). The number of nitrogens with zero attached hydrogens (tertiary/aromatic N) is 1. The van der Waals surface area contributed by atoms with E-state index >= 15 is 0 Å². The van der Waals surface area contributed by atoms with Crippen molar-refractivity contribution < 1.29 is 12.8 Å². The number of sulfonamides is 1. The minimum atomic E-state index is -3.77. The summed E-state index contributed by atoms with van der Waals surface area (Å²) in [6, 6.07) is 2.01. The second-order valence-electron chi connectivity index (χ2n) is 4.77. The van der Waals surface area contributed by atoms with Gasteiger partial charge in [-0.15, -0.1) is 0 Å². The summed E-state index contributed by atoms with van der Waals surface area (Å²) in [6.45, 7) is 6.43. The molecule has 0 radical (unpaired) electrons. The van der Waals surface area contributed by atoms with E-state index in [9.17, 15) is 12.8 Å². The van der Waals surface area contributed by atoms with Crippen molar-refractivity contribution in [1.29, 1.82) is 0 Å². The van der Waals surface area contributed by atoms with Gasteiger partial charge in [0.1, 0.15) is 10.7 Å². The van der Waals surface area contributed by atoms with Gasteiger partial charge in [-0.1, -0.05) is 38.8 Å². The number of nitrogens with two attached hydrogens (primary N) is 1. The largest absolute Gasteiger partial charge is 0.396 e. The number of benzene rings is 1. The molecule has 1 unspecified atom stereocenters. The maximum absolute atomic E-state index is 13.3. The summed E-state index contributed by atoms with van der Waals surface area (Å²) in [5.41, 5.74) is 5.21. The lowest BCUT2D eigenvalue weighted by molar-refractivity contribution is 0.361. The Morgan fingerprint density at radius 3 is 2.50 bits per heavy atom. The van der Waals surface area contributed by atoms with Crippen molar-refractivity contribution in [1.82, 2.24) is 4.31 Å². The van der Waals surface area contributed by atoms with Crippen LogP contribution in [0.25, 0.3) is 0 Å². The van der Waals surface area contributed by atoms with E-state index < -0.39 is 15.8 Å². The zero-order valence-corrected chi connectivity index (χ0v) is 13.4. The van der Waals surface area contributed by atoms with E-state index in [1.54, 1.807) is 6.92 Å². The molecule has 1 aromatic carbocycles. The van der Waals surface area contributed by atoms with Gasteiger partial charge in [0, 0.05) is 13.1 Å². The minimum absolute atomic E-state index is 0.150. The number of hydrogen-bond acceptors (Lipinski definition) is 3. The molecule has 0 bridgehead atoms. The third kappa shape index (κ3) is 3.62. The van der Waals surface area contributed by atoms with Gasteiger partial charge in [0.05, 0.1) is 10.7 Å². The normalized spacial score (nSPS) is 13.7. The first-order chi connectivity index (χ1) is 9.23. The Hall–Kier alpha value is -0.850. The summed E-state index contributed by atoms with van der Waals surface area (Å²) in [7, 11) is -3.77. The highest BCUT2D eigenvalue weighted by molar-refractivity contribution is 7.89. The summed E-state index contributed by atoms with van der Waals surface area (Å²) in [6.07, 6.45) is 0.866. The number of halogens is 2. The monoisotopic (exact) mass is 322 g/mol. The fraction of sp³-hybridized carbons (Fsp3) is 0.538. The van der Waals surface area contributed by atoms with E-state index in [-0.39, 0.29) is 21.5 Å². The van der Waals surface area contributed by atoms with Crippen LogP contribution in [0.5, 0.6) is 0 Å². The van der Waals surface area contributed by atoms with Gasteiger partial charge in [-0.05, 0) is 18.1 Å². The number of hydrogen-bond donors (Lipinski definition) is 1. The van der Waals surface area contributed by atoms with Crippen LogP contribution in [0.4, 0.5) is 10.1 Å². The molecule has 4 nitrogen and oxygen atoms in total. The quantitative estimate of drug-likeness (QED) is 0.818. The summed E-state index contributed by atoms with van der Waals surface area (Å²) < 4.78 is 39.7. The van der Waals surface area contributed by atoms with Crippen LogP contribution in [-0.2, 0) is 10.0 Å². The molecular weight excluding hydrogens is 303 g/mol. The molecule has 0 aromatic heterocycles. The smallest absolute Gasteiger partial charge is 0.244 e. The Morgan fingerprint density at radius 1 is 1.40 bits per heavy atom. The lowest BCUT2D eigenvalue weighted by atomic mass is 10.1. The second kappa shape index (κ2) is 6.74. The molecule has 0 aliphatic heterocycles. The highest BCUT2D eigenvalue weighted by Crippen LogP contribution is 2.29. The van der Waals surface area contributed by atoms with Crippen LogP contribution in [0.3, 0.4) is 0 Å². The summed E-state index contributed by atoms with van der Waals surface area (Å²) in [5, 5.41) is -0.153. The van der Waals surface area contributed by atoms with E-state index in [2.05, 4.69) is 0 Å². The van der Waals surface area contributed by atoms with Crippen LogP contribution >= 0.6 is 11.6 Å². The predicted octanol–water partition coefficient (Wildman–Crippen LogP) is 3.12. The summed E-state index contributed by atoms with van der Waals surface area (Å²) in [5.74, 6) is -0.500. The molecule has 114 valence electrons. The van der Waals surface area contributed by atoms with Crippen LogP contribution in [0.1, 0.15) is 27.2 Å². The average Bonchev–Trinajstić information content (AvgIpc) is 2.39. The van der Waals surface area contributed by atoms with Crippen LogP contribution < -0.4 is 5.73 Å². The van der Waals surface area contributed by atoms with Crippen LogP contribution in [-0.4, -0.2) is 25.8 Å². The van der Waals surface area contributed by atoms with Gasteiger partial charge in [0.15, 0.2) is 0 Å². The SMILES string of the molecule is CCC(C)CN(CC)S(=O)(=O)c1cc(N)c(F)cc1Cl. The standard InChI is InChI=1S/C13H20ClFN2O2S/c1-4-9(3)8-17(5-2)20(18,19)13-7-12(16)11(15)6-10(13)14/h6-7,9H,4-5,8,16H2,1-3H3. The minimum Gasteiger partial charge on any atom is -0.396 e. The maximum Gasteiger partial charge on any atom is 0.244 e. The molecule has 0 amide bonds. The van der Waals surface area contributed by atoms with E-state index in [1.165, 1.54) is 4.31 Å². The molecule has 1 aromatic rings. The first-order valence-corrected chi connectivity index (χ1v) is 8.30. The van der Waals surface area contributed by atoms with Crippen molar-refractivity contribution in [3.8, 4) is 0 Å². The molecular formula is C13H20ClFN2O2S. The zero-order chi connectivity index (χ0) is 15.5. The summed E-state index contributed by atoms with van der Waals surface area (Å²) >= 11 is 5.86. The molecule has 0 spiro atoms. The van der Waals surface area contributed by atoms with Gasteiger partial charge in [-0.2, -0.15) is 4.31 Å². The molecule has 2 N–H and O–H groups in total. The van der Waals surface area contributed by atoms with E-state index in [4.69, 9.17) is 17.3 Å². The predicted molar refractivity (Wildman–Crippen MR) is 79.7 cm³/mol. The Bertz CT molecular complexity index is 578. The van der Waals surface area contributed by atoms with Crippen molar-refractivity contribution in [2.75, 3.05) is 18.8 Å². The first kappa shape index (κ1) is 17.2. The fourth-order valence-corrected chi connectivity index (χ4v) is 3.85. The zero-order valence-electron chi connectivity index (χ0n) is 11.9. The topological polar surface area (TPSA) is 63.4 Å². The highest BCUT2D eigenvalue weighted by atomic mass is 35.5. The van der Waals surface area contributed by atoms with Crippen molar-refractivity contribution in [2.24, 2.45) is 5.92 Å². The lowest BCUT2D eigenvalue weighted by Gasteiger charge is -2.24. The Kier molecular flexibility index (Phi) is 5.79. The molecule has 0 heterocycles. The third-order valence-electron chi connectivity index (χ3n) is 3.23. The van der Waals surface area contributed by atoms with Crippen LogP contribution in [0.15, 0.2) is 17.0 Å². The molecule has 0 saturated carbocycles. The van der Waals surface area contributed by atoms with Crippen molar-refractivity contribution in [3.05, 3.63) is 23.0 Å². The highest BCUT2D eigenvalue weighted by Gasteiger charge is 2.27. The Labute approximate surface area is 124 Å². The third-order valence-corrected chi connectivity index (χ3v) is 5.64. The van der Waals surface area contributed by atoms with E-state index in [0.717, 1.165) is 18.6 Å². The fourth-order valence-electron chi connectivity index (χ4n) is 1.76. The van der Waals surface area contributed by atoms with Gasteiger partial charge in [-0.25, -0.2) is 12.8 Å². The average molecular weight is 323 g/mol. The van der Waals surface area contributed by atoms with E-state index in [1.807, 2.05) is 13.8 Å². The molecule has 0 aliphatic carbocycles. The van der Waals surface area contributed by atoms with Crippen molar-refractivity contribution >= 4 is 27.3 Å². The Morgan fingerprint density at radius 2 is 2.00 bits per heavy atom. The van der Waals surface area contributed by atoms with Crippen molar-refractivity contribution in [3.63, 3.8) is 0 Å². The van der Waals surface area contributed by atoms with Gasteiger partial charge in [0.25, 0.3) is 0 Å². The molecule has 0 aliphatic rings. The van der Waals surface area contributed by atoms with Crippen molar-refractivity contribution in [2.45, 2.75) is 32.1 Å². The van der Waals surface area contributed by atoms with E-state index in [0.29, 0.717) is 13.1 Å². The van der Waals surface area contributed by atoms with Crippen LogP contribution in [0, 0.1) is 11.7 Å². The second-order valence-corrected chi connectivity index (χ2v) is 7.09. The number of rotatable bonds is 6. The van der Waals surface area contributed by atoms with Crippen LogP contribution in [0.2, 0.25) is 5.02 Å². The Balaban J connectivity index is 3.24. The maximum atomic E-state index is 13.3. The van der Waals surface area contributed by atoms with Gasteiger partial charge < -0.3 is 5.73 Å². The molecule has 0 saturated heterocycles. The first-order valence-electron chi connectivity index (χ1n) is 6.48. The molecule has 20 heavy (non-hydrogen) atoms. The summed E-state index contributed by atoms with van der Waals surface area (Å²) in [4.78, 5) is -0.150. The van der Waals surface area contributed by atoms with Gasteiger partial charge in [-0.3, -0.25) is 0 Å². The number of nitrogen functional groups attached to an aromatic ring is 1. The lowest BCUT2D eigenvalue weighted by Crippen LogP contribution is -2.34. The number of anilines is 1. The van der Waals surface area contributed by atoms with Gasteiger partial charge in [0.2, 0.25) is 10.0 Å².